The molecular formula is C11H10FNO3. The van der Waals surface area contributed by atoms with Gasteiger partial charge in [-0.25, -0.2) is 9.18 Å². The number of ether oxygens (including phenoxy) is 1. The average molecular weight is 223 g/mol. The van der Waals surface area contributed by atoms with E-state index in [1.807, 2.05) is 6.07 Å². The van der Waals surface area contributed by atoms with Gasteiger partial charge in [0, 0.05) is 6.42 Å². The van der Waals surface area contributed by atoms with E-state index in [9.17, 15) is 9.18 Å². The van der Waals surface area contributed by atoms with Crippen LogP contribution in [0.5, 0.6) is 5.75 Å². The Kier molecular flexibility index (Phi) is 4.28. The quantitative estimate of drug-likeness (QED) is 0.777. The van der Waals surface area contributed by atoms with Crippen LogP contribution in [0, 0.1) is 17.1 Å². The second kappa shape index (κ2) is 5.71. The van der Waals surface area contributed by atoms with Crippen LogP contribution in [0.4, 0.5) is 4.39 Å². The Balaban J connectivity index is 2.76. The van der Waals surface area contributed by atoms with Crippen LogP contribution in [0.1, 0.15) is 23.2 Å². The molecule has 0 aromatic heterocycles. The summed E-state index contributed by atoms with van der Waals surface area (Å²) in [7, 11) is 0. The molecule has 1 aromatic carbocycles. The summed E-state index contributed by atoms with van der Waals surface area (Å²) >= 11 is 0. The number of nitrogens with zero attached hydrogens (tertiary/aromatic N) is 1. The minimum Gasteiger partial charge on any atom is -0.493 e. The van der Waals surface area contributed by atoms with Crippen LogP contribution in [0.3, 0.4) is 0 Å². The molecule has 0 saturated heterocycles. The van der Waals surface area contributed by atoms with Gasteiger partial charge < -0.3 is 9.84 Å². The van der Waals surface area contributed by atoms with Crippen LogP contribution in [0.25, 0.3) is 0 Å². The van der Waals surface area contributed by atoms with E-state index in [4.69, 9.17) is 15.1 Å². The zero-order chi connectivity index (χ0) is 12.0. The number of hydrogen-bond acceptors (Lipinski definition) is 3. The molecule has 0 atom stereocenters. The summed E-state index contributed by atoms with van der Waals surface area (Å²) in [5.41, 5.74) is -0.473. The highest BCUT2D eigenvalue weighted by molar-refractivity contribution is 5.91. The molecule has 84 valence electrons. The Morgan fingerprint density at radius 2 is 2.31 bits per heavy atom. The van der Waals surface area contributed by atoms with Crippen molar-refractivity contribution >= 4 is 5.97 Å². The maximum atomic E-state index is 13.2. The second-order valence-corrected chi connectivity index (χ2v) is 3.03. The molecule has 0 aliphatic carbocycles. The van der Waals surface area contributed by atoms with Gasteiger partial charge in [0.05, 0.1) is 12.7 Å². The number of unbranched alkanes of at least 4 members (excludes halogenated alkanes) is 1. The number of halogens is 1. The normalized spacial score (nSPS) is 9.50. The summed E-state index contributed by atoms with van der Waals surface area (Å²) in [6.45, 7) is 0.192. The monoisotopic (exact) mass is 223 g/mol. The van der Waals surface area contributed by atoms with Gasteiger partial charge in [-0.3, -0.25) is 0 Å². The van der Waals surface area contributed by atoms with E-state index >= 15 is 0 Å². The lowest BCUT2D eigenvalue weighted by Gasteiger charge is -2.08. The van der Waals surface area contributed by atoms with Gasteiger partial charge in [0.15, 0.2) is 0 Å². The Labute approximate surface area is 91.9 Å². The lowest BCUT2D eigenvalue weighted by atomic mass is 10.2. The van der Waals surface area contributed by atoms with Gasteiger partial charge in [0.25, 0.3) is 0 Å². The molecule has 0 unspecified atom stereocenters. The molecule has 0 saturated carbocycles. The summed E-state index contributed by atoms with van der Waals surface area (Å²) in [6.07, 6.45) is 0.795. The van der Waals surface area contributed by atoms with Crippen LogP contribution in [-0.4, -0.2) is 17.7 Å². The Bertz CT molecular complexity index is 426. The molecule has 4 nitrogen and oxygen atoms in total. The second-order valence-electron chi connectivity index (χ2n) is 3.03. The molecule has 1 rings (SSSR count). The zero-order valence-electron chi connectivity index (χ0n) is 8.44. The molecule has 0 heterocycles. The summed E-state index contributed by atoms with van der Waals surface area (Å²) < 4.78 is 18.3. The van der Waals surface area contributed by atoms with Crippen molar-refractivity contribution in [1.29, 1.82) is 5.26 Å². The van der Waals surface area contributed by atoms with E-state index in [2.05, 4.69) is 0 Å². The number of carboxylic acid groups (broad SMARTS) is 1. The van der Waals surface area contributed by atoms with Crippen LogP contribution in [0.2, 0.25) is 0 Å². The summed E-state index contributed by atoms with van der Waals surface area (Å²) in [6, 6.07) is 5.76. The van der Waals surface area contributed by atoms with Crippen LogP contribution >= 0.6 is 0 Å². The number of hydrogen-bond donors (Lipinski definition) is 1. The van der Waals surface area contributed by atoms with Crippen molar-refractivity contribution in [3.8, 4) is 11.8 Å². The SMILES string of the molecule is N#CCCCOc1cccc(F)c1C(=O)O. The largest absolute Gasteiger partial charge is 0.493 e. The van der Waals surface area contributed by atoms with Gasteiger partial charge in [-0.1, -0.05) is 6.07 Å². The highest BCUT2D eigenvalue weighted by atomic mass is 19.1. The molecule has 0 bridgehead atoms. The maximum absolute atomic E-state index is 13.2. The standard InChI is InChI=1S/C11H10FNO3/c12-8-4-3-5-9(10(8)11(14)15)16-7-2-1-6-13/h3-5H,1-2,7H2,(H,14,15). The highest BCUT2D eigenvalue weighted by Crippen LogP contribution is 2.21. The van der Waals surface area contributed by atoms with Gasteiger partial charge in [-0.15, -0.1) is 0 Å². The van der Waals surface area contributed by atoms with Crippen LogP contribution in [0.15, 0.2) is 18.2 Å². The number of carboxylic acids is 1. The molecule has 0 aliphatic heterocycles. The number of rotatable bonds is 5. The molecule has 0 amide bonds. The number of benzene rings is 1. The first kappa shape index (κ1) is 12.0. The van der Waals surface area contributed by atoms with Crippen molar-refractivity contribution in [2.45, 2.75) is 12.8 Å². The van der Waals surface area contributed by atoms with E-state index in [-0.39, 0.29) is 12.4 Å². The third-order valence-electron chi connectivity index (χ3n) is 1.88. The fourth-order valence-electron chi connectivity index (χ4n) is 1.17. The Morgan fingerprint density at radius 1 is 1.56 bits per heavy atom. The van der Waals surface area contributed by atoms with Crippen molar-refractivity contribution in [3.63, 3.8) is 0 Å². The molecule has 0 aliphatic rings. The third kappa shape index (κ3) is 2.95. The number of carbonyl (C=O) groups is 1. The predicted octanol–water partition coefficient (Wildman–Crippen LogP) is 2.21. The first-order valence-electron chi connectivity index (χ1n) is 4.68. The third-order valence-corrected chi connectivity index (χ3v) is 1.88. The number of aromatic carboxylic acids is 1. The van der Waals surface area contributed by atoms with E-state index in [0.717, 1.165) is 6.07 Å². The van der Waals surface area contributed by atoms with E-state index in [1.54, 1.807) is 0 Å². The molecule has 0 spiro atoms. The summed E-state index contributed by atoms with van der Waals surface area (Å²) in [4.78, 5) is 10.8. The smallest absolute Gasteiger partial charge is 0.342 e. The van der Waals surface area contributed by atoms with Gasteiger partial charge in [0.1, 0.15) is 17.1 Å². The number of nitriles is 1. The van der Waals surface area contributed by atoms with Gasteiger partial charge in [-0.2, -0.15) is 5.26 Å². The lowest BCUT2D eigenvalue weighted by molar-refractivity contribution is 0.0687. The van der Waals surface area contributed by atoms with Gasteiger partial charge in [-0.05, 0) is 18.6 Å². The highest BCUT2D eigenvalue weighted by Gasteiger charge is 2.16. The Morgan fingerprint density at radius 3 is 2.94 bits per heavy atom. The molecular weight excluding hydrogens is 213 g/mol. The van der Waals surface area contributed by atoms with Gasteiger partial charge in [0.2, 0.25) is 0 Å². The van der Waals surface area contributed by atoms with Crippen LogP contribution < -0.4 is 4.74 Å². The van der Waals surface area contributed by atoms with E-state index in [1.165, 1.54) is 12.1 Å². The van der Waals surface area contributed by atoms with Crippen molar-refractivity contribution in [2.75, 3.05) is 6.61 Å². The molecule has 5 heteroatoms. The molecule has 1 aromatic rings. The maximum Gasteiger partial charge on any atom is 0.342 e. The lowest BCUT2D eigenvalue weighted by Crippen LogP contribution is -2.06. The summed E-state index contributed by atoms with van der Waals surface area (Å²) in [5.74, 6) is -2.20. The topological polar surface area (TPSA) is 70.3 Å². The van der Waals surface area contributed by atoms with Crippen molar-refractivity contribution in [2.24, 2.45) is 0 Å². The van der Waals surface area contributed by atoms with Crippen molar-refractivity contribution in [3.05, 3.63) is 29.6 Å². The van der Waals surface area contributed by atoms with E-state index in [0.29, 0.717) is 12.8 Å². The summed E-state index contributed by atoms with van der Waals surface area (Å²) in [5, 5.41) is 17.1. The molecule has 0 fully saturated rings. The molecule has 0 radical (unpaired) electrons. The van der Waals surface area contributed by atoms with Gasteiger partial charge >= 0.3 is 5.97 Å². The van der Waals surface area contributed by atoms with Crippen molar-refractivity contribution < 1.29 is 19.0 Å². The fourth-order valence-corrected chi connectivity index (χ4v) is 1.17. The molecule has 16 heavy (non-hydrogen) atoms. The van der Waals surface area contributed by atoms with Crippen LogP contribution in [-0.2, 0) is 0 Å². The minimum absolute atomic E-state index is 0.00885. The first-order chi connectivity index (χ1) is 7.66. The van der Waals surface area contributed by atoms with Crippen molar-refractivity contribution in [1.82, 2.24) is 0 Å². The fraction of sp³-hybridized carbons (Fsp3) is 0.273. The zero-order valence-corrected chi connectivity index (χ0v) is 8.44. The predicted molar refractivity (Wildman–Crippen MR) is 53.7 cm³/mol. The molecule has 1 N–H and O–H groups in total. The van der Waals surface area contributed by atoms with E-state index < -0.39 is 17.3 Å². The average Bonchev–Trinajstić information content (AvgIpc) is 2.24. The Hall–Kier alpha value is -2.09. The minimum atomic E-state index is -1.37. The first-order valence-corrected chi connectivity index (χ1v) is 4.68.